The van der Waals surface area contributed by atoms with Crippen molar-refractivity contribution in [2.75, 3.05) is 26.2 Å². The van der Waals surface area contributed by atoms with Crippen LogP contribution in [0.3, 0.4) is 0 Å². The first kappa shape index (κ1) is 26.5. The second-order valence-corrected chi connectivity index (χ2v) is 11.4. The predicted octanol–water partition coefficient (Wildman–Crippen LogP) is 6.26. The van der Waals surface area contributed by atoms with Crippen molar-refractivity contribution in [3.05, 3.63) is 60.4 Å². The van der Waals surface area contributed by atoms with Crippen LogP contribution < -0.4 is 4.74 Å². The molecule has 40 heavy (non-hydrogen) atoms. The lowest BCUT2D eigenvalue weighted by molar-refractivity contribution is 0.142. The number of hydrogen-bond acceptors (Lipinski definition) is 6. The molecule has 1 aliphatic rings. The molecule has 1 saturated heterocycles. The molecule has 0 atom stereocenters. The quantitative estimate of drug-likeness (QED) is 0.219. The van der Waals surface area contributed by atoms with Gasteiger partial charge >= 0.3 is 0 Å². The molecule has 2 N–H and O–H groups in total. The van der Waals surface area contributed by atoms with Gasteiger partial charge in [-0.2, -0.15) is 10.2 Å². The van der Waals surface area contributed by atoms with Gasteiger partial charge in [0.25, 0.3) is 0 Å². The van der Waals surface area contributed by atoms with Crippen LogP contribution in [-0.4, -0.2) is 73.5 Å². The van der Waals surface area contributed by atoms with Crippen molar-refractivity contribution in [3.63, 3.8) is 0 Å². The number of ether oxygens (including phenoxy) is 1. The van der Waals surface area contributed by atoms with Crippen molar-refractivity contribution in [2.24, 2.45) is 0 Å². The summed E-state index contributed by atoms with van der Waals surface area (Å²) < 4.78 is 6.12. The highest BCUT2D eigenvalue weighted by Crippen LogP contribution is 2.32. The van der Waals surface area contributed by atoms with Gasteiger partial charge in [-0.1, -0.05) is 18.2 Å². The zero-order valence-corrected chi connectivity index (χ0v) is 23.9. The number of nitrogens with one attached hydrogen (secondary N) is 2. The third-order valence-electron chi connectivity index (χ3n) is 7.95. The molecule has 0 spiro atoms. The summed E-state index contributed by atoms with van der Waals surface area (Å²) >= 11 is 0. The number of fused-ring (bicyclic) bond motifs is 2. The predicted molar refractivity (Wildman–Crippen MR) is 161 cm³/mol. The van der Waals surface area contributed by atoms with Crippen LogP contribution in [0.15, 0.2) is 54.6 Å². The van der Waals surface area contributed by atoms with E-state index in [0.717, 1.165) is 82.1 Å². The second-order valence-electron chi connectivity index (χ2n) is 11.4. The van der Waals surface area contributed by atoms with Gasteiger partial charge in [0.1, 0.15) is 18.2 Å². The highest BCUT2D eigenvalue weighted by atomic mass is 16.5. The number of aromatic nitrogens is 5. The Balaban J connectivity index is 1.20. The van der Waals surface area contributed by atoms with Gasteiger partial charge in [0.05, 0.1) is 17.8 Å². The molecule has 6 rings (SSSR count). The Bertz CT molecular complexity index is 1590. The lowest BCUT2D eigenvalue weighted by Gasteiger charge is -2.30. The van der Waals surface area contributed by atoms with Crippen molar-refractivity contribution >= 4 is 21.7 Å². The fourth-order valence-corrected chi connectivity index (χ4v) is 5.86. The van der Waals surface area contributed by atoms with Gasteiger partial charge in [0, 0.05) is 35.1 Å². The summed E-state index contributed by atoms with van der Waals surface area (Å²) in [5.41, 5.74) is 3.97. The van der Waals surface area contributed by atoms with Crippen LogP contribution in [0.4, 0.5) is 0 Å². The van der Waals surface area contributed by atoms with Gasteiger partial charge < -0.3 is 4.74 Å². The molecule has 5 aromatic rings. The lowest BCUT2D eigenvalue weighted by atomic mass is 10.0. The van der Waals surface area contributed by atoms with Gasteiger partial charge in [-0.3, -0.25) is 20.0 Å². The molecule has 0 saturated carbocycles. The van der Waals surface area contributed by atoms with Crippen molar-refractivity contribution in [1.82, 2.24) is 35.2 Å². The number of rotatable bonds is 10. The fraction of sp³-hybridized carbons (Fsp3) is 0.406. The van der Waals surface area contributed by atoms with E-state index in [0.29, 0.717) is 18.7 Å². The normalized spacial score (nSPS) is 14.5. The van der Waals surface area contributed by atoms with Crippen LogP contribution in [0.2, 0.25) is 0 Å². The van der Waals surface area contributed by atoms with E-state index in [4.69, 9.17) is 9.72 Å². The number of aromatic amines is 2. The third-order valence-corrected chi connectivity index (χ3v) is 7.95. The molecule has 1 aliphatic heterocycles. The van der Waals surface area contributed by atoms with Crippen LogP contribution in [-0.2, 0) is 6.54 Å². The molecule has 0 unspecified atom stereocenters. The number of hydrogen-bond donors (Lipinski definition) is 2. The summed E-state index contributed by atoms with van der Waals surface area (Å²) in [7, 11) is 0. The Morgan fingerprint density at radius 2 is 1.60 bits per heavy atom. The number of benzene rings is 3. The minimum Gasteiger partial charge on any atom is -0.492 e. The van der Waals surface area contributed by atoms with Crippen LogP contribution in [0, 0.1) is 0 Å². The van der Waals surface area contributed by atoms with Gasteiger partial charge in [-0.25, -0.2) is 4.98 Å². The third kappa shape index (κ3) is 5.60. The molecule has 3 heterocycles. The van der Waals surface area contributed by atoms with Crippen molar-refractivity contribution in [2.45, 2.75) is 59.2 Å². The van der Waals surface area contributed by atoms with E-state index in [1.165, 1.54) is 12.8 Å². The van der Waals surface area contributed by atoms with Gasteiger partial charge in [-0.05, 0) is 101 Å². The molecule has 1 fully saturated rings. The Morgan fingerprint density at radius 3 is 2.40 bits per heavy atom. The number of nitrogens with zero attached hydrogens (tertiary/aromatic N) is 5. The second kappa shape index (κ2) is 11.4. The summed E-state index contributed by atoms with van der Waals surface area (Å²) in [5.74, 6) is 2.54. The molecule has 8 heteroatoms. The maximum absolute atomic E-state index is 6.12. The monoisotopic (exact) mass is 537 g/mol. The molecule has 0 bridgehead atoms. The largest absolute Gasteiger partial charge is 0.492 e. The Kier molecular flexibility index (Phi) is 7.54. The van der Waals surface area contributed by atoms with E-state index in [2.05, 4.69) is 112 Å². The first-order chi connectivity index (χ1) is 19.4. The van der Waals surface area contributed by atoms with Crippen LogP contribution in [0.1, 0.15) is 46.4 Å². The SMILES string of the molecule is CC(C)N(CCOc1ccc2cc(-c3n[nH]c4ccc(-c5n[nH]c(CN6CCCC6)n5)cc34)ccc2c1)C(C)C. The minimum atomic E-state index is 0.501. The zero-order valence-electron chi connectivity index (χ0n) is 23.9. The summed E-state index contributed by atoms with van der Waals surface area (Å²) in [6.07, 6.45) is 2.53. The topological polar surface area (TPSA) is 86.0 Å². The highest BCUT2D eigenvalue weighted by Gasteiger charge is 2.17. The highest BCUT2D eigenvalue weighted by molar-refractivity contribution is 5.97. The first-order valence-electron chi connectivity index (χ1n) is 14.5. The lowest BCUT2D eigenvalue weighted by Crippen LogP contribution is -2.39. The zero-order chi connectivity index (χ0) is 27.6. The number of likely N-dealkylation sites (tertiary alicyclic amines) is 1. The Morgan fingerprint density at radius 1 is 0.850 bits per heavy atom. The van der Waals surface area contributed by atoms with E-state index in [1.807, 2.05) is 0 Å². The van der Waals surface area contributed by atoms with E-state index in [-0.39, 0.29) is 0 Å². The van der Waals surface area contributed by atoms with E-state index < -0.39 is 0 Å². The molecular weight excluding hydrogens is 498 g/mol. The minimum absolute atomic E-state index is 0.501. The smallest absolute Gasteiger partial charge is 0.181 e. The maximum atomic E-state index is 6.12. The van der Waals surface area contributed by atoms with Crippen LogP contribution in [0.5, 0.6) is 5.75 Å². The van der Waals surface area contributed by atoms with Crippen LogP contribution in [0.25, 0.3) is 44.3 Å². The Labute approximate surface area is 235 Å². The maximum Gasteiger partial charge on any atom is 0.181 e. The van der Waals surface area contributed by atoms with Crippen LogP contribution >= 0.6 is 0 Å². The summed E-state index contributed by atoms with van der Waals surface area (Å²) in [6.45, 7) is 13.6. The van der Waals surface area contributed by atoms with Gasteiger partial charge in [-0.15, -0.1) is 0 Å². The first-order valence-corrected chi connectivity index (χ1v) is 14.5. The summed E-state index contributed by atoms with van der Waals surface area (Å²) in [5, 5.41) is 18.9. The molecule has 0 radical (unpaired) electrons. The van der Waals surface area contributed by atoms with Gasteiger partial charge in [0.15, 0.2) is 5.82 Å². The van der Waals surface area contributed by atoms with Gasteiger partial charge in [0.2, 0.25) is 0 Å². The molecule has 3 aromatic carbocycles. The molecule has 8 nitrogen and oxygen atoms in total. The Hall–Kier alpha value is -3.75. The summed E-state index contributed by atoms with van der Waals surface area (Å²) in [4.78, 5) is 9.65. The van der Waals surface area contributed by atoms with Crippen molar-refractivity contribution in [3.8, 4) is 28.4 Å². The van der Waals surface area contributed by atoms with E-state index in [9.17, 15) is 0 Å². The molecule has 0 amide bonds. The number of H-pyrrole nitrogens is 2. The molecule has 0 aliphatic carbocycles. The van der Waals surface area contributed by atoms with Crippen molar-refractivity contribution in [1.29, 1.82) is 0 Å². The average Bonchev–Trinajstić information content (AvgIpc) is 3.72. The average molecular weight is 538 g/mol. The van der Waals surface area contributed by atoms with E-state index >= 15 is 0 Å². The fourth-order valence-electron chi connectivity index (χ4n) is 5.86. The molecule has 208 valence electrons. The van der Waals surface area contributed by atoms with E-state index in [1.54, 1.807) is 0 Å². The summed E-state index contributed by atoms with van der Waals surface area (Å²) in [6, 6.07) is 20.0. The molecule has 2 aromatic heterocycles. The molecular formula is C32H39N7O. The van der Waals surface area contributed by atoms with Crippen molar-refractivity contribution < 1.29 is 4.74 Å². The standard InChI is InChI=1S/C32H39N7O/c1-21(2)39(22(3)4)15-16-40-27-11-9-23-17-25(8-7-24(23)18-27)31-28-19-26(10-12-29(28)34-36-31)32-33-30(35-37-32)20-38-13-5-6-14-38/h7-12,17-19,21-22H,5-6,13-16,20H2,1-4H3,(H,34,36)(H,33,35,37).